The third-order valence-corrected chi connectivity index (χ3v) is 1.53. The number of nitrogens with two attached hydrogens (primary N) is 2. The maximum absolute atomic E-state index is 5.52. The van der Waals surface area contributed by atoms with Gasteiger partial charge in [-0.05, 0) is 6.07 Å². The summed E-state index contributed by atoms with van der Waals surface area (Å²) < 4.78 is 1.47. The van der Waals surface area contributed by atoms with Crippen LogP contribution in [0.3, 0.4) is 0 Å². The van der Waals surface area contributed by atoms with Crippen molar-refractivity contribution in [1.82, 2.24) is 9.66 Å². The molecule has 0 unspecified atom stereocenters. The number of pyridine rings is 1. The van der Waals surface area contributed by atoms with Crippen LogP contribution in [0.4, 0.5) is 5.69 Å². The molecule has 0 aliphatic rings. The van der Waals surface area contributed by atoms with Crippen LogP contribution in [0.15, 0.2) is 24.7 Å². The lowest BCUT2D eigenvalue weighted by molar-refractivity contribution is 1.02. The van der Waals surface area contributed by atoms with Crippen LogP contribution < -0.4 is 11.6 Å². The summed E-state index contributed by atoms with van der Waals surface area (Å²) in [6.45, 7) is 0. The van der Waals surface area contributed by atoms with Crippen molar-refractivity contribution in [3.63, 3.8) is 0 Å². The summed E-state index contributed by atoms with van der Waals surface area (Å²) in [4.78, 5) is 4.08. The molecular formula is C7H8N4. The van der Waals surface area contributed by atoms with Gasteiger partial charge in [-0.3, -0.25) is 9.66 Å². The number of fused-ring (bicyclic) bond motifs is 1. The largest absolute Gasteiger partial charge is 0.397 e. The summed E-state index contributed by atoms with van der Waals surface area (Å²) in [6, 6.07) is 1.84. The van der Waals surface area contributed by atoms with Crippen molar-refractivity contribution in [3.05, 3.63) is 24.7 Å². The lowest BCUT2D eigenvalue weighted by atomic mass is 10.3. The van der Waals surface area contributed by atoms with Gasteiger partial charge in [0, 0.05) is 11.6 Å². The molecule has 56 valence electrons. The Bertz CT molecular complexity index is 390. The van der Waals surface area contributed by atoms with E-state index in [9.17, 15) is 0 Å². The van der Waals surface area contributed by atoms with Crippen molar-refractivity contribution in [1.29, 1.82) is 0 Å². The van der Waals surface area contributed by atoms with E-state index >= 15 is 0 Å². The molecule has 4 N–H and O–H groups in total. The highest BCUT2D eigenvalue weighted by atomic mass is 15.3. The van der Waals surface area contributed by atoms with Crippen molar-refractivity contribution in [3.8, 4) is 0 Å². The fraction of sp³-hybridized carbons (Fsp3) is 0. The second-order valence-corrected chi connectivity index (χ2v) is 2.45. The minimum Gasteiger partial charge on any atom is -0.397 e. The van der Waals surface area contributed by atoms with E-state index in [1.807, 2.05) is 6.07 Å². The van der Waals surface area contributed by atoms with Crippen LogP contribution >= 0.6 is 0 Å². The van der Waals surface area contributed by atoms with Crippen molar-refractivity contribution >= 4 is 16.6 Å². The van der Waals surface area contributed by atoms with Crippen LogP contribution in [0.1, 0.15) is 0 Å². The molecule has 0 amide bonds. The molecule has 2 aromatic heterocycles. The van der Waals surface area contributed by atoms with Gasteiger partial charge >= 0.3 is 0 Å². The Labute approximate surface area is 63.4 Å². The maximum Gasteiger partial charge on any atom is 0.0901 e. The Morgan fingerprint density at radius 2 is 2.18 bits per heavy atom. The van der Waals surface area contributed by atoms with Gasteiger partial charge < -0.3 is 11.6 Å². The van der Waals surface area contributed by atoms with Gasteiger partial charge in [0.25, 0.3) is 0 Å². The molecule has 0 atom stereocenters. The van der Waals surface area contributed by atoms with Gasteiger partial charge in [-0.2, -0.15) is 0 Å². The molecule has 2 aromatic rings. The first kappa shape index (κ1) is 6.03. The zero-order valence-electron chi connectivity index (χ0n) is 5.86. The summed E-state index contributed by atoms with van der Waals surface area (Å²) in [5.41, 5.74) is 7.04. The number of rotatable bonds is 0. The fourth-order valence-electron chi connectivity index (χ4n) is 1.06. The Balaban J connectivity index is 2.82. The first-order chi connectivity index (χ1) is 5.25. The minimum absolute atomic E-state index is 0.656. The number of anilines is 1. The number of aromatic nitrogens is 2. The maximum atomic E-state index is 5.52. The molecule has 4 heteroatoms. The Kier molecular flexibility index (Phi) is 1.03. The van der Waals surface area contributed by atoms with Crippen LogP contribution in [-0.2, 0) is 0 Å². The number of hydrogen-bond donors (Lipinski definition) is 2. The van der Waals surface area contributed by atoms with Gasteiger partial charge in [-0.25, -0.2) is 0 Å². The van der Waals surface area contributed by atoms with E-state index in [4.69, 9.17) is 11.6 Å². The lowest BCUT2D eigenvalue weighted by Crippen LogP contribution is -2.02. The van der Waals surface area contributed by atoms with Crippen LogP contribution in [-0.4, -0.2) is 9.66 Å². The summed E-state index contributed by atoms with van der Waals surface area (Å²) in [6.07, 6.45) is 5.13. The fourth-order valence-corrected chi connectivity index (χ4v) is 1.06. The molecule has 0 fully saturated rings. The van der Waals surface area contributed by atoms with Gasteiger partial charge in [0.15, 0.2) is 0 Å². The van der Waals surface area contributed by atoms with E-state index in [0.717, 1.165) is 10.9 Å². The zero-order valence-corrected chi connectivity index (χ0v) is 5.86. The normalized spacial score (nSPS) is 10.5. The first-order valence-electron chi connectivity index (χ1n) is 3.24. The van der Waals surface area contributed by atoms with Gasteiger partial charge in [0.2, 0.25) is 0 Å². The van der Waals surface area contributed by atoms with E-state index in [0.29, 0.717) is 5.69 Å². The van der Waals surface area contributed by atoms with Gasteiger partial charge in [0.05, 0.1) is 23.6 Å². The van der Waals surface area contributed by atoms with Crippen molar-refractivity contribution in [2.45, 2.75) is 0 Å². The Morgan fingerprint density at radius 1 is 1.36 bits per heavy atom. The third-order valence-electron chi connectivity index (χ3n) is 1.53. The van der Waals surface area contributed by atoms with E-state index in [1.165, 1.54) is 4.68 Å². The average Bonchev–Trinajstić information content (AvgIpc) is 2.27. The first-order valence-corrected chi connectivity index (χ1v) is 3.24. The molecule has 4 nitrogen and oxygen atoms in total. The van der Waals surface area contributed by atoms with Gasteiger partial charge in [0.1, 0.15) is 0 Å². The molecule has 2 heterocycles. The molecule has 0 aliphatic carbocycles. The van der Waals surface area contributed by atoms with Crippen LogP contribution in [0.5, 0.6) is 0 Å². The number of nitrogens with zero attached hydrogens (tertiary/aromatic N) is 2. The number of nitrogen functional groups attached to an aromatic ring is 2. The lowest BCUT2D eigenvalue weighted by Gasteiger charge is -1.89. The van der Waals surface area contributed by atoms with Crippen LogP contribution in [0.2, 0.25) is 0 Å². The van der Waals surface area contributed by atoms with Gasteiger partial charge in [-0.15, -0.1) is 0 Å². The SMILES string of the molecule is Nc1cnc2cn(N)cc2c1. The summed E-state index contributed by atoms with van der Waals surface area (Å²) in [5, 5.41) is 0.965. The molecule has 0 saturated carbocycles. The smallest absolute Gasteiger partial charge is 0.0901 e. The third kappa shape index (κ3) is 0.881. The molecule has 0 spiro atoms. The average molecular weight is 148 g/mol. The van der Waals surface area contributed by atoms with Crippen LogP contribution in [0, 0.1) is 0 Å². The summed E-state index contributed by atoms with van der Waals surface area (Å²) in [7, 11) is 0. The second kappa shape index (κ2) is 1.88. The van der Waals surface area contributed by atoms with Gasteiger partial charge in [-0.1, -0.05) is 0 Å². The van der Waals surface area contributed by atoms with E-state index in [2.05, 4.69) is 4.98 Å². The summed E-state index contributed by atoms with van der Waals surface area (Å²) in [5.74, 6) is 5.48. The topological polar surface area (TPSA) is 69.9 Å². The quantitative estimate of drug-likeness (QED) is 0.529. The molecule has 0 bridgehead atoms. The van der Waals surface area contributed by atoms with Crippen molar-refractivity contribution < 1.29 is 0 Å². The molecule has 2 rings (SSSR count). The molecule has 0 saturated heterocycles. The molecule has 0 aliphatic heterocycles. The summed E-state index contributed by atoms with van der Waals surface area (Å²) >= 11 is 0. The van der Waals surface area contributed by atoms with Crippen molar-refractivity contribution in [2.75, 3.05) is 11.6 Å². The monoisotopic (exact) mass is 148 g/mol. The molecule has 0 aromatic carbocycles. The Hall–Kier alpha value is -1.71. The predicted octanol–water partition coefficient (Wildman–Crippen LogP) is 0.332. The number of hydrogen-bond acceptors (Lipinski definition) is 3. The highest BCUT2D eigenvalue weighted by molar-refractivity contribution is 5.80. The minimum atomic E-state index is 0.656. The zero-order chi connectivity index (χ0) is 7.84. The molecule has 0 radical (unpaired) electrons. The Morgan fingerprint density at radius 3 is 3.00 bits per heavy atom. The van der Waals surface area contributed by atoms with E-state index in [-0.39, 0.29) is 0 Å². The molecule has 11 heavy (non-hydrogen) atoms. The predicted molar refractivity (Wildman–Crippen MR) is 44.3 cm³/mol. The standard InChI is InChI=1S/C7H8N4/c8-6-1-5-3-11(9)4-7(5)10-2-6/h1-4H,8-9H2. The highest BCUT2D eigenvalue weighted by Gasteiger charge is 1.96. The van der Waals surface area contributed by atoms with Crippen molar-refractivity contribution in [2.24, 2.45) is 0 Å². The second-order valence-electron chi connectivity index (χ2n) is 2.45. The van der Waals surface area contributed by atoms with E-state index in [1.54, 1.807) is 18.6 Å². The van der Waals surface area contributed by atoms with Crippen LogP contribution in [0.25, 0.3) is 10.9 Å². The van der Waals surface area contributed by atoms with E-state index < -0.39 is 0 Å². The highest BCUT2D eigenvalue weighted by Crippen LogP contribution is 2.13. The molecular weight excluding hydrogens is 140 g/mol.